The van der Waals surface area contributed by atoms with Crippen LogP contribution >= 0.6 is 0 Å². The van der Waals surface area contributed by atoms with Gasteiger partial charge in [-0.05, 0) is 34.1 Å². The minimum Gasteiger partial charge on any atom is -0.310 e. The SMILES string of the molecule is CCCCC(C)NC(C)c1c(C)nc(C)[nH]c1=O. The Labute approximate surface area is 109 Å². The summed E-state index contributed by atoms with van der Waals surface area (Å²) in [5, 5.41) is 3.47. The van der Waals surface area contributed by atoms with E-state index in [9.17, 15) is 4.79 Å². The smallest absolute Gasteiger partial charge is 0.255 e. The number of nitrogens with zero attached hydrogens (tertiary/aromatic N) is 1. The largest absolute Gasteiger partial charge is 0.310 e. The summed E-state index contributed by atoms with van der Waals surface area (Å²) in [5.74, 6) is 0.674. The van der Waals surface area contributed by atoms with Gasteiger partial charge in [0.1, 0.15) is 5.82 Å². The normalized spacial score (nSPS) is 14.5. The van der Waals surface area contributed by atoms with Crippen LogP contribution in [0.1, 0.15) is 63.2 Å². The van der Waals surface area contributed by atoms with Crippen molar-refractivity contribution < 1.29 is 0 Å². The van der Waals surface area contributed by atoms with Crippen molar-refractivity contribution in [2.24, 2.45) is 0 Å². The highest BCUT2D eigenvalue weighted by atomic mass is 16.1. The van der Waals surface area contributed by atoms with Crippen molar-refractivity contribution in [3.8, 4) is 0 Å². The van der Waals surface area contributed by atoms with E-state index in [-0.39, 0.29) is 11.6 Å². The van der Waals surface area contributed by atoms with E-state index in [0.29, 0.717) is 11.9 Å². The number of H-pyrrole nitrogens is 1. The zero-order chi connectivity index (χ0) is 13.7. The van der Waals surface area contributed by atoms with Crippen molar-refractivity contribution in [1.82, 2.24) is 15.3 Å². The van der Waals surface area contributed by atoms with Crippen LogP contribution < -0.4 is 10.9 Å². The van der Waals surface area contributed by atoms with Crippen LogP contribution in [0.15, 0.2) is 4.79 Å². The van der Waals surface area contributed by atoms with E-state index < -0.39 is 0 Å². The van der Waals surface area contributed by atoms with Gasteiger partial charge in [0.05, 0.1) is 5.56 Å². The van der Waals surface area contributed by atoms with Crippen LogP contribution in [0.3, 0.4) is 0 Å². The number of aromatic nitrogens is 2. The summed E-state index contributed by atoms with van der Waals surface area (Å²) < 4.78 is 0. The van der Waals surface area contributed by atoms with Crippen LogP contribution in [0.5, 0.6) is 0 Å². The van der Waals surface area contributed by atoms with E-state index in [1.165, 1.54) is 12.8 Å². The van der Waals surface area contributed by atoms with Crippen LogP contribution in [-0.4, -0.2) is 16.0 Å². The number of aryl methyl sites for hydroxylation is 2. The lowest BCUT2D eigenvalue weighted by atomic mass is 10.1. The molecule has 18 heavy (non-hydrogen) atoms. The minimum atomic E-state index is -0.0253. The lowest BCUT2D eigenvalue weighted by Gasteiger charge is -2.20. The van der Waals surface area contributed by atoms with Crippen LogP contribution in [0.2, 0.25) is 0 Å². The third-order valence-electron chi connectivity index (χ3n) is 3.22. The third-order valence-corrected chi connectivity index (χ3v) is 3.22. The molecule has 0 aromatic carbocycles. The lowest BCUT2D eigenvalue weighted by molar-refractivity contribution is 0.440. The van der Waals surface area contributed by atoms with Crippen LogP contribution in [0.4, 0.5) is 0 Å². The molecule has 0 saturated heterocycles. The Morgan fingerprint density at radius 3 is 2.56 bits per heavy atom. The molecule has 0 spiro atoms. The van der Waals surface area contributed by atoms with Gasteiger partial charge in [-0.3, -0.25) is 4.79 Å². The van der Waals surface area contributed by atoms with Crippen LogP contribution in [0.25, 0.3) is 0 Å². The van der Waals surface area contributed by atoms with Gasteiger partial charge in [0, 0.05) is 17.8 Å². The second kappa shape index (κ2) is 6.69. The molecule has 1 aromatic heterocycles. The Morgan fingerprint density at radius 1 is 1.33 bits per heavy atom. The van der Waals surface area contributed by atoms with Crippen LogP contribution in [0, 0.1) is 13.8 Å². The quantitative estimate of drug-likeness (QED) is 0.817. The summed E-state index contributed by atoms with van der Waals surface area (Å²) in [6, 6.07) is 0.453. The van der Waals surface area contributed by atoms with E-state index in [0.717, 1.165) is 17.7 Å². The zero-order valence-corrected chi connectivity index (χ0v) is 12.1. The molecule has 2 atom stereocenters. The van der Waals surface area contributed by atoms with Gasteiger partial charge in [0.15, 0.2) is 0 Å². The van der Waals surface area contributed by atoms with E-state index in [2.05, 4.69) is 29.1 Å². The van der Waals surface area contributed by atoms with Crippen molar-refractivity contribution in [2.45, 2.75) is 66.0 Å². The first-order valence-electron chi connectivity index (χ1n) is 6.79. The molecule has 1 rings (SSSR count). The lowest BCUT2D eigenvalue weighted by Crippen LogP contribution is -2.33. The maximum Gasteiger partial charge on any atom is 0.255 e. The summed E-state index contributed by atoms with van der Waals surface area (Å²) in [5.41, 5.74) is 1.55. The van der Waals surface area contributed by atoms with E-state index in [1.807, 2.05) is 13.8 Å². The second-order valence-corrected chi connectivity index (χ2v) is 5.08. The Kier molecular flexibility index (Phi) is 5.54. The average Bonchev–Trinajstić information content (AvgIpc) is 2.24. The Bertz CT molecular complexity index is 439. The highest BCUT2D eigenvalue weighted by molar-refractivity contribution is 5.20. The standard InChI is InChI=1S/C14H25N3O/c1-6-7-8-9(2)15-10(3)13-11(4)16-12(5)17-14(13)18/h9-10,15H,6-8H2,1-5H3,(H,16,17,18). The summed E-state index contributed by atoms with van der Waals surface area (Å²) in [6.45, 7) is 10.1. The topological polar surface area (TPSA) is 57.8 Å². The van der Waals surface area contributed by atoms with E-state index in [4.69, 9.17) is 0 Å². The fourth-order valence-electron chi connectivity index (χ4n) is 2.35. The summed E-state index contributed by atoms with van der Waals surface area (Å²) in [6.07, 6.45) is 3.55. The molecule has 0 aliphatic carbocycles. The first kappa shape index (κ1) is 14.9. The molecular weight excluding hydrogens is 226 g/mol. The van der Waals surface area contributed by atoms with Crippen LogP contribution in [-0.2, 0) is 0 Å². The molecular formula is C14H25N3O. The molecule has 2 unspecified atom stereocenters. The van der Waals surface area contributed by atoms with Gasteiger partial charge in [0.25, 0.3) is 5.56 Å². The number of nitrogens with one attached hydrogen (secondary N) is 2. The number of hydrogen-bond donors (Lipinski definition) is 2. The Morgan fingerprint density at radius 2 is 2.00 bits per heavy atom. The maximum atomic E-state index is 12.0. The van der Waals surface area contributed by atoms with Crippen molar-refractivity contribution in [3.05, 3.63) is 27.4 Å². The Balaban J connectivity index is 2.78. The molecule has 0 bridgehead atoms. The average molecular weight is 251 g/mol. The number of rotatable bonds is 6. The van der Waals surface area contributed by atoms with Gasteiger partial charge in [-0.2, -0.15) is 0 Å². The number of unbranched alkanes of at least 4 members (excludes halogenated alkanes) is 1. The summed E-state index contributed by atoms with van der Waals surface area (Å²) in [7, 11) is 0. The predicted octanol–water partition coefficient (Wildman–Crippen LogP) is 2.62. The fraction of sp³-hybridized carbons (Fsp3) is 0.714. The zero-order valence-electron chi connectivity index (χ0n) is 12.1. The molecule has 1 heterocycles. The monoisotopic (exact) mass is 251 g/mol. The minimum absolute atomic E-state index is 0.0253. The number of aromatic amines is 1. The van der Waals surface area contributed by atoms with Crippen molar-refractivity contribution in [1.29, 1.82) is 0 Å². The molecule has 2 N–H and O–H groups in total. The summed E-state index contributed by atoms with van der Waals surface area (Å²) in [4.78, 5) is 19.1. The van der Waals surface area contributed by atoms with E-state index in [1.54, 1.807) is 6.92 Å². The predicted molar refractivity (Wildman–Crippen MR) is 74.9 cm³/mol. The first-order chi connectivity index (χ1) is 8.45. The van der Waals surface area contributed by atoms with E-state index >= 15 is 0 Å². The fourth-order valence-corrected chi connectivity index (χ4v) is 2.35. The third kappa shape index (κ3) is 3.95. The maximum absolute atomic E-state index is 12.0. The van der Waals surface area contributed by atoms with Crippen molar-refractivity contribution in [2.75, 3.05) is 0 Å². The van der Waals surface area contributed by atoms with Gasteiger partial charge in [-0.25, -0.2) is 4.98 Å². The van der Waals surface area contributed by atoms with Gasteiger partial charge in [-0.1, -0.05) is 19.8 Å². The molecule has 0 radical (unpaired) electrons. The van der Waals surface area contributed by atoms with Gasteiger partial charge < -0.3 is 10.3 Å². The van der Waals surface area contributed by atoms with Crippen molar-refractivity contribution >= 4 is 0 Å². The molecule has 4 nitrogen and oxygen atoms in total. The second-order valence-electron chi connectivity index (χ2n) is 5.08. The molecule has 0 saturated carbocycles. The van der Waals surface area contributed by atoms with Gasteiger partial charge in [0.2, 0.25) is 0 Å². The first-order valence-corrected chi connectivity index (χ1v) is 6.79. The molecule has 4 heteroatoms. The Hall–Kier alpha value is -1.16. The highest BCUT2D eigenvalue weighted by Gasteiger charge is 2.16. The van der Waals surface area contributed by atoms with Gasteiger partial charge in [-0.15, -0.1) is 0 Å². The molecule has 0 fully saturated rings. The molecule has 102 valence electrons. The summed E-state index contributed by atoms with van der Waals surface area (Å²) >= 11 is 0. The molecule has 1 aromatic rings. The van der Waals surface area contributed by atoms with Crippen molar-refractivity contribution in [3.63, 3.8) is 0 Å². The van der Waals surface area contributed by atoms with Gasteiger partial charge >= 0.3 is 0 Å². The number of hydrogen-bond acceptors (Lipinski definition) is 3. The molecule has 0 aliphatic rings. The highest BCUT2D eigenvalue weighted by Crippen LogP contribution is 2.13. The molecule has 0 aliphatic heterocycles. The molecule has 0 amide bonds.